The minimum absolute atomic E-state index is 0.0240. The van der Waals surface area contributed by atoms with Crippen LogP contribution in [-0.2, 0) is 0 Å². The van der Waals surface area contributed by atoms with E-state index in [0.29, 0.717) is 12.5 Å². The summed E-state index contributed by atoms with van der Waals surface area (Å²) in [4.78, 5) is 8.75. The van der Waals surface area contributed by atoms with Crippen LogP contribution >= 0.6 is 15.9 Å². The van der Waals surface area contributed by atoms with Crippen molar-refractivity contribution in [2.45, 2.75) is 24.7 Å². The van der Waals surface area contributed by atoms with Crippen molar-refractivity contribution in [3.05, 3.63) is 22.2 Å². The van der Waals surface area contributed by atoms with Gasteiger partial charge in [0.1, 0.15) is 5.82 Å². The van der Waals surface area contributed by atoms with Gasteiger partial charge in [-0.3, -0.25) is 0 Å². The summed E-state index contributed by atoms with van der Waals surface area (Å²) in [6.07, 6.45) is 4.11. The Morgan fingerprint density at radius 2 is 2.33 bits per heavy atom. The fourth-order valence-electron chi connectivity index (χ4n) is 1.49. The number of aliphatic hydroxyl groups excluding tert-OH is 1. The van der Waals surface area contributed by atoms with Crippen molar-refractivity contribution < 1.29 is 5.11 Å². The summed E-state index contributed by atoms with van der Waals surface area (Å²) in [5, 5.41) is 9.19. The van der Waals surface area contributed by atoms with Crippen LogP contribution in [-0.4, -0.2) is 28.2 Å². The van der Waals surface area contributed by atoms with Gasteiger partial charge in [-0.15, -0.1) is 0 Å². The van der Waals surface area contributed by atoms with E-state index in [0.717, 1.165) is 16.0 Å². The van der Waals surface area contributed by atoms with Gasteiger partial charge in [0.15, 0.2) is 0 Å². The molecular weight excluding hydrogens is 258 g/mol. The Bertz CT molecular complexity index is 351. The van der Waals surface area contributed by atoms with Gasteiger partial charge in [0.2, 0.25) is 0 Å². The Kier molecular flexibility index (Phi) is 3.33. The summed E-state index contributed by atoms with van der Waals surface area (Å²) in [5.41, 5.74) is 6.42. The van der Waals surface area contributed by atoms with E-state index in [2.05, 4.69) is 25.9 Å². The van der Waals surface area contributed by atoms with Crippen LogP contribution in [0.3, 0.4) is 0 Å². The first-order valence-electron chi connectivity index (χ1n) is 5.09. The molecule has 82 valence electrons. The lowest BCUT2D eigenvalue weighted by Gasteiger charge is -2.13. The molecule has 0 aromatic carbocycles. The smallest absolute Gasteiger partial charge is 0.131 e. The molecule has 4 nitrogen and oxygen atoms in total. The minimum Gasteiger partial charge on any atom is -0.396 e. The predicted octanol–water partition coefficient (Wildman–Crippen LogP) is 1.15. The van der Waals surface area contributed by atoms with E-state index in [1.54, 1.807) is 6.20 Å². The fourth-order valence-corrected chi connectivity index (χ4v) is 2.01. The van der Waals surface area contributed by atoms with Crippen LogP contribution in [0.5, 0.6) is 0 Å². The normalized spacial score (nSPS) is 17.8. The van der Waals surface area contributed by atoms with Crippen LogP contribution < -0.4 is 5.73 Å². The van der Waals surface area contributed by atoms with Gasteiger partial charge in [0.05, 0.1) is 16.8 Å². The molecule has 1 unspecified atom stereocenters. The van der Waals surface area contributed by atoms with Crippen LogP contribution in [0.1, 0.15) is 36.2 Å². The van der Waals surface area contributed by atoms with Crippen molar-refractivity contribution in [1.29, 1.82) is 0 Å². The van der Waals surface area contributed by atoms with Gasteiger partial charge in [0.25, 0.3) is 0 Å². The molecule has 0 amide bonds. The van der Waals surface area contributed by atoms with E-state index >= 15 is 0 Å². The van der Waals surface area contributed by atoms with E-state index in [1.807, 2.05) is 0 Å². The lowest BCUT2D eigenvalue weighted by Crippen LogP contribution is -2.18. The third-order valence-electron chi connectivity index (χ3n) is 2.62. The number of hydrogen-bond acceptors (Lipinski definition) is 4. The Morgan fingerprint density at radius 3 is 2.87 bits per heavy atom. The molecule has 1 aromatic heterocycles. The summed E-state index contributed by atoms with van der Waals surface area (Å²) < 4.78 is 0.830. The van der Waals surface area contributed by atoms with Crippen molar-refractivity contribution in [3.8, 4) is 0 Å². The van der Waals surface area contributed by atoms with Gasteiger partial charge in [-0.1, -0.05) is 0 Å². The molecule has 1 aromatic rings. The van der Waals surface area contributed by atoms with Gasteiger partial charge in [0, 0.05) is 24.6 Å². The van der Waals surface area contributed by atoms with E-state index in [1.165, 1.54) is 12.8 Å². The molecule has 2 rings (SSSR count). The van der Waals surface area contributed by atoms with E-state index in [-0.39, 0.29) is 12.5 Å². The van der Waals surface area contributed by atoms with Crippen LogP contribution in [0.4, 0.5) is 0 Å². The second-order valence-corrected chi connectivity index (χ2v) is 4.71. The minimum atomic E-state index is -0.0973. The summed E-state index contributed by atoms with van der Waals surface area (Å²) in [5.74, 6) is 1.31. The zero-order valence-electron chi connectivity index (χ0n) is 8.36. The molecule has 1 aliphatic carbocycles. The topological polar surface area (TPSA) is 72.0 Å². The molecule has 0 saturated heterocycles. The van der Waals surface area contributed by atoms with E-state index in [9.17, 15) is 5.11 Å². The summed E-state index contributed by atoms with van der Waals surface area (Å²) in [6.45, 7) is 0.423. The number of nitrogens with zero attached hydrogens (tertiary/aromatic N) is 2. The number of aromatic nitrogens is 2. The maximum atomic E-state index is 9.19. The number of halogens is 1. The maximum Gasteiger partial charge on any atom is 0.131 e. The molecule has 1 saturated carbocycles. The molecule has 1 aliphatic rings. The lowest BCUT2D eigenvalue weighted by molar-refractivity contribution is 0.265. The zero-order valence-corrected chi connectivity index (χ0v) is 9.94. The molecule has 5 heteroatoms. The van der Waals surface area contributed by atoms with E-state index in [4.69, 9.17) is 5.73 Å². The monoisotopic (exact) mass is 271 g/mol. The molecule has 0 spiro atoms. The number of nitrogens with two attached hydrogens (primary N) is 1. The van der Waals surface area contributed by atoms with Gasteiger partial charge in [-0.2, -0.15) is 0 Å². The first-order valence-corrected chi connectivity index (χ1v) is 5.88. The van der Waals surface area contributed by atoms with Crippen molar-refractivity contribution in [2.24, 2.45) is 5.73 Å². The quantitative estimate of drug-likeness (QED) is 0.862. The predicted molar refractivity (Wildman–Crippen MR) is 60.6 cm³/mol. The molecule has 0 bridgehead atoms. The molecule has 1 fully saturated rings. The number of aliphatic hydroxyl groups is 1. The highest BCUT2D eigenvalue weighted by Crippen LogP contribution is 2.38. The largest absolute Gasteiger partial charge is 0.396 e. The average molecular weight is 272 g/mol. The molecular formula is C10H14BrN3O. The number of rotatable bonds is 4. The van der Waals surface area contributed by atoms with Crippen LogP contribution in [0.15, 0.2) is 10.7 Å². The Hall–Kier alpha value is -0.520. The molecule has 3 N–H and O–H groups in total. The second-order valence-electron chi connectivity index (χ2n) is 3.85. The molecule has 0 radical (unpaired) electrons. The zero-order chi connectivity index (χ0) is 10.8. The van der Waals surface area contributed by atoms with Crippen LogP contribution in [0, 0.1) is 0 Å². The average Bonchev–Trinajstić information content (AvgIpc) is 3.06. The Morgan fingerprint density at radius 1 is 1.60 bits per heavy atom. The summed E-state index contributed by atoms with van der Waals surface area (Å²) in [6, 6.07) is 0. The van der Waals surface area contributed by atoms with Gasteiger partial charge in [-0.05, 0) is 28.8 Å². The maximum absolute atomic E-state index is 9.19. The van der Waals surface area contributed by atoms with Crippen LogP contribution in [0.25, 0.3) is 0 Å². The summed E-state index contributed by atoms with van der Waals surface area (Å²) >= 11 is 3.39. The lowest BCUT2D eigenvalue weighted by atomic mass is 10.1. The highest BCUT2D eigenvalue weighted by Gasteiger charge is 2.27. The Labute approximate surface area is 97.1 Å². The van der Waals surface area contributed by atoms with Gasteiger partial charge < -0.3 is 10.8 Å². The highest BCUT2D eigenvalue weighted by atomic mass is 79.9. The molecule has 15 heavy (non-hydrogen) atoms. The molecule has 1 atom stereocenters. The fraction of sp³-hybridized carbons (Fsp3) is 0.600. The highest BCUT2D eigenvalue weighted by molar-refractivity contribution is 9.10. The standard InChI is InChI=1S/C10H14BrN3O/c11-8-4-13-10(6-1-2-6)14-9(8)7(3-12)5-15/h4,6-7,15H,1-3,5,12H2. The Balaban J connectivity index is 2.30. The van der Waals surface area contributed by atoms with Crippen molar-refractivity contribution in [2.75, 3.05) is 13.2 Å². The van der Waals surface area contributed by atoms with Gasteiger partial charge in [-0.25, -0.2) is 9.97 Å². The first-order chi connectivity index (χ1) is 7.26. The first kappa shape index (κ1) is 11.0. The third kappa shape index (κ3) is 2.35. The van der Waals surface area contributed by atoms with E-state index < -0.39 is 0 Å². The SMILES string of the molecule is NCC(CO)c1nc(C2CC2)ncc1Br. The van der Waals surface area contributed by atoms with Crippen molar-refractivity contribution >= 4 is 15.9 Å². The van der Waals surface area contributed by atoms with Crippen LogP contribution in [0.2, 0.25) is 0 Å². The number of hydrogen-bond donors (Lipinski definition) is 2. The molecule has 1 heterocycles. The second kappa shape index (κ2) is 4.55. The van der Waals surface area contributed by atoms with Gasteiger partial charge >= 0.3 is 0 Å². The molecule has 0 aliphatic heterocycles. The third-order valence-corrected chi connectivity index (χ3v) is 3.23. The van der Waals surface area contributed by atoms with Crippen molar-refractivity contribution in [3.63, 3.8) is 0 Å². The summed E-state index contributed by atoms with van der Waals surface area (Å²) in [7, 11) is 0. The van der Waals surface area contributed by atoms with Crippen molar-refractivity contribution in [1.82, 2.24) is 9.97 Å².